The lowest BCUT2D eigenvalue weighted by molar-refractivity contribution is 0.345. The minimum absolute atomic E-state index is 0.0111. The molecule has 172 valence electrons. The Bertz CT molecular complexity index is 1170. The standard InChI is InChI=1S/C27H31BrN4S/c1-17-15-21(12-13-23(17)28)32-26(25(30-27(32)33)24-11-7-8-14-29-24)22-16-18(2)31(19(22)3)20-9-5-4-6-10-20/h7-8,11-16,20,25-26H,4-6,9-10H2,1-3H3,(H,30,33)/t25-,26-/m0/s1. The summed E-state index contributed by atoms with van der Waals surface area (Å²) in [6, 6.07) is 15.6. The van der Waals surface area contributed by atoms with E-state index in [0.29, 0.717) is 6.04 Å². The number of hydrogen-bond acceptors (Lipinski definition) is 2. The zero-order chi connectivity index (χ0) is 23.1. The van der Waals surface area contributed by atoms with Gasteiger partial charge in [-0.15, -0.1) is 0 Å². The highest BCUT2D eigenvalue weighted by molar-refractivity contribution is 9.10. The van der Waals surface area contributed by atoms with Crippen LogP contribution in [0.5, 0.6) is 0 Å². The van der Waals surface area contributed by atoms with Gasteiger partial charge in [0.05, 0.1) is 17.8 Å². The first kappa shape index (κ1) is 22.6. The molecule has 0 amide bonds. The second-order valence-electron chi connectivity index (χ2n) is 9.42. The molecular weight excluding hydrogens is 492 g/mol. The lowest BCUT2D eigenvalue weighted by Crippen LogP contribution is -2.29. The molecule has 2 fully saturated rings. The summed E-state index contributed by atoms with van der Waals surface area (Å²) in [6.07, 6.45) is 8.43. The zero-order valence-electron chi connectivity index (χ0n) is 19.5. The molecule has 0 bridgehead atoms. The monoisotopic (exact) mass is 522 g/mol. The Kier molecular flexibility index (Phi) is 6.32. The van der Waals surface area contributed by atoms with Crippen LogP contribution in [0.4, 0.5) is 5.69 Å². The molecule has 4 nitrogen and oxygen atoms in total. The Morgan fingerprint density at radius 3 is 2.52 bits per heavy atom. The van der Waals surface area contributed by atoms with Gasteiger partial charge in [0, 0.05) is 33.8 Å². The third kappa shape index (κ3) is 4.12. The molecule has 1 N–H and O–H groups in total. The summed E-state index contributed by atoms with van der Waals surface area (Å²) < 4.78 is 3.70. The van der Waals surface area contributed by atoms with Crippen LogP contribution in [0.1, 0.15) is 78.4 Å². The second-order valence-corrected chi connectivity index (χ2v) is 10.7. The fourth-order valence-electron chi connectivity index (χ4n) is 5.73. The van der Waals surface area contributed by atoms with Gasteiger partial charge in [-0.05, 0) is 93.4 Å². The van der Waals surface area contributed by atoms with Gasteiger partial charge >= 0.3 is 0 Å². The van der Waals surface area contributed by atoms with Gasteiger partial charge in [0.2, 0.25) is 0 Å². The van der Waals surface area contributed by atoms with Crippen molar-refractivity contribution in [3.05, 3.63) is 81.3 Å². The van der Waals surface area contributed by atoms with Crippen molar-refractivity contribution in [2.75, 3.05) is 4.90 Å². The van der Waals surface area contributed by atoms with Crippen molar-refractivity contribution in [2.45, 2.75) is 71.0 Å². The van der Waals surface area contributed by atoms with E-state index in [2.05, 4.69) is 87.9 Å². The number of benzene rings is 1. The summed E-state index contributed by atoms with van der Waals surface area (Å²) in [6.45, 7) is 6.68. The van der Waals surface area contributed by atoms with E-state index in [1.165, 1.54) is 54.6 Å². The summed E-state index contributed by atoms with van der Waals surface area (Å²) in [5.41, 5.74) is 7.36. The molecule has 0 unspecified atom stereocenters. The molecule has 1 aromatic carbocycles. The first-order valence-electron chi connectivity index (χ1n) is 11.9. The summed E-state index contributed by atoms with van der Waals surface area (Å²) in [5.74, 6) is 0. The van der Waals surface area contributed by atoms with Crippen LogP contribution in [0, 0.1) is 20.8 Å². The summed E-state index contributed by atoms with van der Waals surface area (Å²) >= 11 is 9.58. The number of nitrogens with zero attached hydrogens (tertiary/aromatic N) is 3. The van der Waals surface area contributed by atoms with E-state index in [0.717, 1.165) is 21.0 Å². The number of rotatable bonds is 4. The second kappa shape index (κ2) is 9.22. The predicted molar refractivity (Wildman–Crippen MR) is 143 cm³/mol. The maximum Gasteiger partial charge on any atom is 0.174 e. The average Bonchev–Trinajstić information content (AvgIpc) is 3.32. The van der Waals surface area contributed by atoms with Crippen LogP contribution in [0.2, 0.25) is 0 Å². The first-order valence-corrected chi connectivity index (χ1v) is 13.1. The number of anilines is 1. The minimum Gasteiger partial charge on any atom is -0.351 e. The van der Waals surface area contributed by atoms with Crippen LogP contribution in [0.3, 0.4) is 0 Å². The number of nitrogens with one attached hydrogen (secondary N) is 1. The van der Waals surface area contributed by atoms with Gasteiger partial charge in [-0.3, -0.25) is 4.98 Å². The molecule has 2 atom stereocenters. The molecule has 2 aliphatic rings. The molecule has 0 radical (unpaired) electrons. The van der Waals surface area contributed by atoms with Crippen LogP contribution in [-0.4, -0.2) is 14.7 Å². The zero-order valence-corrected chi connectivity index (χ0v) is 21.9. The van der Waals surface area contributed by atoms with Gasteiger partial charge in [0.25, 0.3) is 0 Å². The highest BCUT2D eigenvalue weighted by atomic mass is 79.9. The SMILES string of the molecule is Cc1cc(N2C(=S)N[C@@H](c3ccccn3)[C@@H]2c2cc(C)n(C3CCCCC3)c2C)ccc1Br. The number of thiocarbonyl (C=S) groups is 1. The van der Waals surface area contributed by atoms with Crippen molar-refractivity contribution in [3.8, 4) is 0 Å². The lowest BCUT2D eigenvalue weighted by Gasteiger charge is -2.30. The predicted octanol–water partition coefficient (Wildman–Crippen LogP) is 7.25. The first-order chi connectivity index (χ1) is 16.0. The normalized spacial score (nSPS) is 21.5. The van der Waals surface area contributed by atoms with Crippen molar-refractivity contribution in [1.29, 1.82) is 0 Å². The molecule has 3 heterocycles. The number of pyridine rings is 1. The fraction of sp³-hybridized carbons (Fsp3) is 0.407. The van der Waals surface area contributed by atoms with Gasteiger partial charge in [-0.25, -0.2) is 0 Å². The van der Waals surface area contributed by atoms with Crippen molar-refractivity contribution < 1.29 is 0 Å². The van der Waals surface area contributed by atoms with Gasteiger partial charge < -0.3 is 14.8 Å². The Balaban J connectivity index is 1.64. The van der Waals surface area contributed by atoms with E-state index >= 15 is 0 Å². The number of halogens is 1. The van der Waals surface area contributed by atoms with Gasteiger partial charge in [-0.1, -0.05) is 41.3 Å². The Labute approximate surface area is 210 Å². The molecule has 1 aliphatic heterocycles. The lowest BCUT2D eigenvalue weighted by atomic mass is 9.94. The van der Waals surface area contributed by atoms with Gasteiger partial charge in [-0.2, -0.15) is 0 Å². The third-order valence-corrected chi connectivity index (χ3v) is 8.50. The maximum absolute atomic E-state index is 5.93. The summed E-state index contributed by atoms with van der Waals surface area (Å²) in [5, 5.41) is 4.36. The van der Waals surface area contributed by atoms with E-state index in [-0.39, 0.29) is 12.1 Å². The summed E-state index contributed by atoms with van der Waals surface area (Å²) in [4.78, 5) is 7.01. The molecule has 1 aliphatic carbocycles. The average molecular weight is 524 g/mol. The van der Waals surface area contributed by atoms with Crippen LogP contribution >= 0.6 is 28.1 Å². The largest absolute Gasteiger partial charge is 0.351 e. The maximum atomic E-state index is 5.93. The molecular formula is C27H31BrN4S. The Morgan fingerprint density at radius 1 is 1.03 bits per heavy atom. The van der Waals surface area contributed by atoms with Crippen molar-refractivity contribution >= 4 is 38.9 Å². The highest BCUT2D eigenvalue weighted by Crippen LogP contribution is 2.45. The number of aryl methyl sites for hydroxylation is 2. The highest BCUT2D eigenvalue weighted by Gasteiger charge is 2.42. The van der Waals surface area contributed by atoms with Gasteiger partial charge in [0.1, 0.15) is 0 Å². The van der Waals surface area contributed by atoms with Crippen LogP contribution in [-0.2, 0) is 0 Å². The van der Waals surface area contributed by atoms with E-state index in [1.807, 2.05) is 12.3 Å². The van der Waals surface area contributed by atoms with E-state index in [9.17, 15) is 0 Å². The Morgan fingerprint density at radius 2 is 1.82 bits per heavy atom. The van der Waals surface area contributed by atoms with Gasteiger partial charge in [0.15, 0.2) is 5.11 Å². The van der Waals surface area contributed by atoms with Crippen LogP contribution in [0.15, 0.2) is 53.1 Å². The molecule has 1 saturated heterocycles. The van der Waals surface area contributed by atoms with E-state index in [4.69, 9.17) is 17.2 Å². The third-order valence-electron chi connectivity index (χ3n) is 7.30. The Hall–Kier alpha value is -2.18. The van der Waals surface area contributed by atoms with E-state index < -0.39 is 0 Å². The molecule has 5 rings (SSSR count). The van der Waals surface area contributed by atoms with Crippen molar-refractivity contribution in [1.82, 2.24) is 14.9 Å². The number of hydrogen-bond donors (Lipinski definition) is 1. The molecule has 3 aromatic rings. The van der Waals surface area contributed by atoms with Crippen molar-refractivity contribution in [2.24, 2.45) is 0 Å². The molecule has 0 spiro atoms. The molecule has 6 heteroatoms. The van der Waals surface area contributed by atoms with Crippen LogP contribution in [0.25, 0.3) is 0 Å². The molecule has 1 saturated carbocycles. The quantitative estimate of drug-likeness (QED) is 0.365. The molecule has 2 aromatic heterocycles. The van der Waals surface area contributed by atoms with Crippen molar-refractivity contribution in [3.63, 3.8) is 0 Å². The summed E-state index contributed by atoms with van der Waals surface area (Å²) in [7, 11) is 0. The van der Waals surface area contributed by atoms with E-state index in [1.54, 1.807) is 0 Å². The smallest absolute Gasteiger partial charge is 0.174 e. The minimum atomic E-state index is -0.0111. The molecule has 33 heavy (non-hydrogen) atoms. The topological polar surface area (TPSA) is 33.1 Å². The number of aromatic nitrogens is 2. The fourth-order valence-corrected chi connectivity index (χ4v) is 6.32. The van der Waals surface area contributed by atoms with Crippen LogP contribution < -0.4 is 10.2 Å².